The molecule has 1 aliphatic heterocycles. The zero-order valence-electron chi connectivity index (χ0n) is 12.6. The number of benzene rings is 1. The van der Waals surface area contributed by atoms with Gasteiger partial charge in [0.1, 0.15) is 11.9 Å². The summed E-state index contributed by atoms with van der Waals surface area (Å²) in [7, 11) is 0. The summed E-state index contributed by atoms with van der Waals surface area (Å²) >= 11 is 6.01. The number of carbonyl (C=O) groups is 1. The summed E-state index contributed by atoms with van der Waals surface area (Å²) < 4.78 is 11.1. The molecule has 5 nitrogen and oxygen atoms in total. The first-order valence-electron chi connectivity index (χ1n) is 7.22. The minimum Gasteiger partial charge on any atom is -0.493 e. The molecule has 1 aromatic rings. The molecule has 1 aliphatic rings. The lowest BCUT2D eigenvalue weighted by Crippen LogP contribution is -2.47. The molecule has 0 bridgehead atoms. The van der Waals surface area contributed by atoms with Crippen molar-refractivity contribution in [2.24, 2.45) is 0 Å². The van der Waals surface area contributed by atoms with Crippen molar-refractivity contribution < 1.29 is 14.3 Å². The van der Waals surface area contributed by atoms with Gasteiger partial charge >= 0.3 is 0 Å². The van der Waals surface area contributed by atoms with Crippen LogP contribution in [0, 0.1) is 0 Å². The van der Waals surface area contributed by atoms with Gasteiger partial charge in [-0.3, -0.25) is 4.79 Å². The van der Waals surface area contributed by atoms with Crippen LogP contribution in [0.5, 0.6) is 5.75 Å². The summed E-state index contributed by atoms with van der Waals surface area (Å²) in [5.74, 6) is 0.632. The lowest BCUT2D eigenvalue weighted by Gasteiger charge is -2.23. The molecule has 22 heavy (non-hydrogen) atoms. The highest BCUT2D eigenvalue weighted by Gasteiger charge is 2.21. The summed E-state index contributed by atoms with van der Waals surface area (Å²) in [4.78, 5) is 12.0. The summed E-state index contributed by atoms with van der Waals surface area (Å²) in [5.41, 5.74) is 0.869. The van der Waals surface area contributed by atoms with Gasteiger partial charge in [0.15, 0.2) is 0 Å². The van der Waals surface area contributed by atoms with Gasteiger partial charge in [0.25, 0.3) is 5.91 Å². The molecule has 0 radical (unpaired) electrons. The summed E-state index contributed by atoms with van der Waals surface area (Å²) in [6.45, 7) is 4.94. The molecule has 1 saturated heterocycles. The van der Waals surface area contributed by atoms with Gasteiger partial charge in [-0.05, 0) is 24.6 Å². The number of hydrogen-bond donors (Lipinski definition) is 2. The Morgan fingerprint density at radius 1 is 1.55 bits per heavy atom. The van der Waals surface area contributed by atoms with Gasteiger partial charge in [0.05, 0.1) is 13.2 Å². The molecule has 0 aliphatic carbocycles. The average molecular weight is 349 g/mol. The van der Waals surface area contributed by atoms with Crippen LogP contribution in [-0.4, -0.2) is 38.3 Å². The van der Waals surface area contributed by atoms with E-state index in [0.717, 1.165) is 24.3 Å². The molecule has 1 fully saturated rings. The van der Waals surface area contributed by atoms with Crippen molar-refractivity contribution >= 4 is 29.9 Å². The number of ether oxygens (including phenoxy) is 2. The minimum absolute atomic E-state index is 0. The molecule has 1 heterocycles. The fraction of sp³-hybridized carbons (Fsp3) is 0.533. The third kappa shape index (κ3) is 5.65. The summed E-state index contributed by atoms with van der Waals surface area (Å²) in [6, 6.07) is 5.43. The number of halogens is 2. The molecule has 2 rings (SSSR count). The van der Waals surface area contributed by atoms with Crippen molar-refractivity contribution in [3.05, 3.63) is 28.8 Å². The molecule has 1 aromatic carbocycles. The van der Waals surface area contributed by atoms with Crippen molar-refractivity contribution in [3.8, 4) is 5.75 Å². The Balaban J connectivity index is 0.00000242. The lowest BCUT2D eigenvalue weighted by atomic mass is 10.2. The second-order valence-electron chi connectivity index (χ2n) is 4.88. The largest absolute Gasteiger partial charge is 0.493 e. The van der Waals surface area contributed by atoms with Crippen LogP contribution >= 0.6 is 24.0 Å². The van der Waals surface area contributed by atoms with Crippen molar-refractivity contribution in [1.82, 2.24) is 10.6 Å². The van der Waals surface area contributed by atoms with Gasteiger partial charge in [-0.2, -0.15) is 0 Å². The number of nitrogens with one attached hydrogen (secondary N) is 2. The minimum atomic E-state index is -0.432. The molecular weight excluding hydrogens is 327 g/mol. The highest BCUT2D eigenvalue weighted by Crippen LogP contribution is 2.23. The molecular formula is C15H22Cl2N2O3. The number of rotatable bonds is 6. The van der Waals surface area contributed by atoms with E-state index in [1.165, 1.54) is 0 Å². The topological polar surface area (TPSA) is 59.6 Å². The molecule has 1 amide bonds. The number of hydrogen-bond acceptors (Lipinski definition) is 4. The molecule has 2 N–H and O–H groups in total. The van der Waals surface area contributed by atoms with Crippen LogP contribution in [0.1, 0.15) is 18.9 Å². The van der Waals surface area contributed by atoms with Crippen LogP contribution in [0.15, 0.2) is 18.2 Å². The average Bonchev–Trinajstić information content (AvgIpc) is 2.52. The monoisotopic (exact) mass is 348 g/mol. The fourth-order valence-electron chi connectivity index (χ4n) is 2.07. The Morgan fingerprint density at radius 3 is 3.05 bits per heavy atom. The van der Waals surface area contributed by atoms with Crippen molar-refractivity contribution in [2.45, 2.75) is 26.0 Å². The fourth-order valence-corrected chi connectivity index (χ4v) is 2.26. The van der Waals surface area contributed by atoms with Gasteiger partial charge in [0.2, 0.25) is 0 Å². The molecule has 1 atom stereocenters. The van der Waals surface area contributed by atoms with Gasteiger partial charge in [0, 0.05) is 30.2 Å². The van der Waals surface area contributed by atoms with E-state index < -0.39 is 6.10 Å². The van der Waals surface area contributed by atoms with E-state index in [-0.39, 0.29) is 18.3 Å². The molecule has 0 spiro atoms. The highest BCUT2D eigenvalue weighted by atomic mass is 35.5. The SMILES string of the molecule is CCCOc1ccc(Cl)cc1CNC(=O)C1CNCCO1.Cl. The number of carbonyl (C=O) groups excluding carboxylic acids is 1. The van der Waals surface area contributed by atoms with Crippen molar-refractivity contribution in [2.75, 3.05) is 26.3 Å². The quantitative estimate of drug-likeness (QED) is 0.826. The first kappa shape index (κ1) is 19.0. The van der Waals surface area contributed by atoms with E-state index in [1.54, 1.807) is 6.07 Å². The highest BCUT2D eigenvalue weighted by molar-refractivity contribution is 6.30. The molecule has 124 valence electrons. The predicted octanol–water partition coefficient (Wildman–Crippen LogP) is 2.16. The van der Waals surface area contributed by atoms with E-state index in [4.69, 9.17) is 21.1 Å². The van der Waals surface area contributed by atoms with Crippen LogP contribution in [-0.2, 0) is 16.1 Å². The zero-order chi connectivity index (χ0) is 15.1. The number of morpholine rings is 1. The van der Waals surface area contributed by atoms with Crippen LogP contribution in [0.2, 0.25) is 5.02 Å². The van der Waals surface area contributed by atoms with Crippen LogP contribution in [0.4, 0.5) is 0 Å². The van der Waals surface area contributed by atoms with Crippen LogP contribution < -0.4 is 15.4 Å². The molecule has 7 heteroatoms. The Kier molecular flexibility index (Phi) is 8.56. The third-order valence-electron chi connectivity index (χ3n) is 3.16. The van der Waals surface area contributed by atoms with E-state index in [9.17, 15) is 4.79 Å². The van der Waals surface area contributed by atoms with Crippen LogP contribution in [0.3, 0.4) is 0 Å². The van der Waals surface area contributed by atoms with Gasteiger partial charge in [-0.1, -0.05) is 18.5 Å². The number of amides is 1. The Labute approximate surface area is 142 Å². The van der Waals surface area contributed by atoms with Gasteiger partial charge in [-0.25, -0.2) is 0 Å². The van der Waals surface area contributed by atoms with Gasteiger partial charge < -0.3 is 20.1 Å². The maximum atomic E-state index is 12.0. The van der Waals surface area contributed by atoms with Gasteiger partial charge in [-0.15, -0.1) is 12.4 Å². The van der Waals surface area contributed by atoms with Crippen LogP contribution in [0.25, 0.3) is 0 Å². The van der Waals surface area contributed by atoms with E-state index in [1.807, 2.05) is 19.1 Å². The normalized spacial score (nSPS) is 17.5. The van der Waals surface area contributed by atoms with E-state index in [0.29, 0.717) is 31.3 Å². The zero-order valence-corrected chi connectivity index (χ0v) is 14.1. The Hall–Kier alpha value is -1.01. The maximum Gasteiger partial charge on any atom is 0.250 e. The standard InChI is InChI=1S/C15H21ClN2O3.ClH/c1-2-6-20-13-4-3-12(16)8-11(13)9-18-15(19)14-10-17-5-7-21-14;/h3-4,8,14,17H,2,5-7,9-10H2,1H3,(H,18,19);1H. The lowest BCUT2D eigenvalue weighted by molar-refractivity contribution is -0.134. The summed E-state index contributed by atoms with van der Waals surface area (Å²) in [5, 5.41) is 6.62. The third-order valence-corrected chi connectivity index (χ3v) is 3.39. The smallest absolute Gasteiger partial charge is 0.250 e. The van der Waals surface area contributed by atoms with E-state index in [2.05, 4.69) is 10.6 Å². The van der Waals surface area contributed by atoms with Crippen molar-refractivity contribution in [3.63, 3.8) is 0 Å². The predicted molar refractivity (Wildman–Crippen MR) is 88.9 cm³/mol. The van der Waals surface area contributed by atoms with E-state index >= 15 is 0 Å². The summed E-state index contributed by atoms with van der Waals surface area (Å²) in [6.07, 6.45) is 0.494. The Morgan fingerprint density at radius 2 is 2.36 bits per heavy atom. The maximum absolute atomic E-state index is 12.0. The second-order valence-corrected chi connectivity index (χ2v) is 5.32. The first-order chi connectivity index (χ1) is 10.2. The second kappa shape index (κ2) is 9.90. The Bertz CT molecular complexity index is 480. The first-order valence-corrected chi connectivity index (χ1v) is 7.59. The molecule has 0 aromatic heterocycles. The molecule has 0 saturated carbocycles. The molecule has 1 unspecified atom stereocenters. The van der Waals surface area contributed by atoms with Crippen molar-refractivity contribution in [1.29, 1.82) is 0 Å².